The molecule has 5 atom stereocenters. The Morgan fingerprint density at radius 1 is 1.15 bits per heavy atom. The van der Waals surface area contributed by atoms with Gasteiger partial charge in [-0.1, -0.05) is 33.8 Å². The van der Waals surface area contributed by atoms with Crippen molar-refractivity contribution < 1.29 is 28.9 Å². The molecule has 0 aliphatic carbocycles. The number of hydrogen-bond donors (Lipinski definition) is 3. The molecule has 1 aromatic carbocycles. The number of aliphatic hydroxyl groups excluding tert-OH is 1. The van der Waals surface area contributed by atoms with Crippen LogP contribution in [0.15, 0.2) is 18.2 Å². The molecular formula is C31H52N2O6. The predicted octanol–water partition coefficient (Wildman–Crippen LogP) is 4.16. The van der Waals surface area contributed by atoms with Crippen LogP contribution in [0.4, 0.5) is 0 Å². The molecule has 1 amide bonds. The molecule has 1 heterocycles. The van der Waals surface area contributed by atoms with Crippen molar-refractivity contribution in [3.8, 4) is 5.75 Å². The van der Waals surface area contributed by atoms with Gasteiger partial charge in [-0.15, -0.1) is 0 Å². The van der Waals surface area contributed by atoms with Crippen LogP contribution in [-0.4, -0.2) is 68.5 Å². The Morgan fingerprint density at radius 3 is 2.49 bits per heavy atom. The maximum Gasteiger partial charge on any atom is 0.223 e. The fraction of sp³-hybridized carbons (Fsp3) is 0.742. The van der Waals surface area contributed by atoms with Gasteiger partial charge in [0, 0.05) is 45.2 Å². The van der Waals surface area contributed by atoms with Crippen molar-refractivity contribution >= 4 is 11.7 Å². The number of nitrogens with one attached hydrogen (secondary N) is 1. The maximum atomic E-state index is 12.9. The summed E-state index contributed by atoms with van der Waals surface area (Å²) in [5.74, 6) is 0.824. The number of carbonyl (C=O) groups is 2. The van der Waals surface area contributed by atoms with E-state index in [0.717, 1.165) is 37.9 Å². The highest BCUT2D eigenvalue weighted by Crippen LogP contribution is 2.29. The zero-order valence-corrected chi connectivity index (χ0v) is 24.9. The number of rotatable bonds is 18. The Bertz CT molecular complexity index is 884. The van der Waals surface area contributed by atoms with Crippen molar-refractivity contribution in [1.82, 2.24) is 5.32 Å². The first-order valence-electron chi connectivity index (χ1n) is 14.6. The van der Waals surface area contributed by atoms with Gasteiger partial charge in [0.15, 0.2) is 5.78 Å². The second-order valence-electron chi connectivity index (χ2n) is 11.7. The minimum absolute atomic E-state index is 0.0339. The molecule has 0 aromatic heterocycles. The topological polar surface area (TPSA) is 120 Å². The molecule has 222 valence electrons. The van der Waals surface area contributed by atoms with E-state index in [-0.39, 0.29) is 35.5 Å². The van der Waals surface area contributed by atoms with Crippen LogP contribution in [-0.2, 0) is 20.7 Å². The first kappa shape index (κ1) is 33.2. The first-order valence-corrected chi connectivity index (χ1v) is 14.6. The molecule has 0 spiro atoms. The van der Waals surface area contributed by atoms with Gasteiger partial charge in [-0.3, -0.25) is 9.59 Å². The monoisotopic (exact) mass is 548 g/mol. The quantitative estimate of drug-likeness (QED) is 0.186. The third kappa shape index (κ3) is 11.2. The SMILES string of the molecule is COCCCOc1cc(C[C@@H](C[C@H](N)[C@@H](O)C[C@H](C(=O)NC[C@@H]2CCCO2)C(C)C)C(C)C)ccc1C(C)=O. The van der Waals surface area contributed by atoms with Gasteiger partial charge in [-0.05, 0) is 74.5 Å². The lowest BCUT2D eigenvalue weighted by Crippen LogP contribution is -2.43. The highest BCUT2D eigenvalue weighted by Gasteiger charge is 2.30. The summed E-state index contributed by atoms with van der Waals surface area (Å²) in [4.78, 5) is 25.1. The first-order chi connectivity index (χ1) is 18.5. The van der Waals surface area contributed by atoms with Crippen LogP contribution in [0.2, 0.25) is 0 Å². The highest BCUT2D eigenvalue weighted by atomic mass is 16.5. The number of hydrogen-bond acceptors (Lipinski definition) is 7. The molecule has 1 fully saturated rings. The average Bonchev–Trinajstić information content (AvgIpc) is 3.41. The fourth-order valence-electron chi connectivity index (χ4n) is 5.16. The van der Waals surface area contributed by atoms with E-state index in [0.29, 0.717) is 49.8 Å². The molecule has 1 aliphatic heterocycles. The van der Waals surface area contributed by atoms with E-state index >= 15 is 0 Å². The van der Waals surface area contributed by atoms with E-state index in [1.165, 1.54) is 0 Å². The third-order valence-electron chi connectivity index (χ3n) is 7.85. The third-order valence-corrected chi connectivity index (χ3v) is 7.85. The van der Waals surface area contributed by atoms with Crippen molar-refractivity contribution in [2.24, 2.45) is 29.4 Å². The number of carbonyl (C=O) groups excluding carboxylic acids is 2. The second kappa shape index (κ2) is 17.0. The van der Waals surface area contributed by atoms with E-state index in [9.17, 15) is 14.7 Å². The zero-order chi connectivity index (χ0) is 28.9. The van der Waals surface area contributed by atoms with E-state index in [1.54, 1.807) is 14.0 Å². The normalized spacial score (nSPS) is 18.7. The van der Waals surface area contributed by atoms with Gasteiger partial charge in [0.1, 0.15) is 5.75 Å². The molecule has 39 heavy (non-hydrogen) atoms. The minimum Gasteiger partial charge on any atom is -0.493 e. The summed E-state index contributed by atoms with van der Waals surface area (Å²) in [6.07, 6.45) is 3.74. The van der Waals surface area contributed by atoms with Crippen molar-refractivity contribution in [3.05, 3.63) is 29.3 Å². The Labute approximate surface area is 235 Å². The lowest BCUT2D eigenvalue weighted by atomic mass is 9.80. The van der Waals surface area contributed by atoms with Gasteiger partial charge in [0.25, 0.3) is 0 Å². The Balaban J connectivity index is 2.01. The number of amides is 1. The van der Waals surface area contributed by atoms with Crippen LogP contribution in [0.3, 0.4) is 0 Å². The largest absolute Gasteiger partial charge is 0.493 e. The number of benzene rings is 1. The molecule has 0 saturated carbocycles. The molecule has 2 rings (SSSR count). The summed E-state index contributed by atoms with van der Waals surface area (Å²) in [7, 11) is 1.65. The summed E-state index contributed by atoms with van der Waals surface area (Å²) in [6.45, 7) is 12.2. The fourth-order valence-corrected chi connectivity index (χ4v) is 5.16. The summed E-state index contributed by atoms with van der Waals surface area (Å²) in [6, 6.07) is 5.31. The molecule has 1 aliphatic rings. The molecule has 0 unspecified atom stereocenters. The van der Waals surface area contributed by atoms with Gasteiger partial charge in [-0.25, -0.2) is 0 Å². The molecule has 8 heteroatoms. The second-order valence-corrected chi connectivity index (χ2v) is 11.7. The lowest BCUT2D eigenvalue weighted by molar-refractivity contribution is -0.128. The zero-order valence-electron chi connectivity index (χ0n) is 24.9. The van der Waals surface area contributed by atoms with Gasteiger partial charge in [-0.2, -0.15) is 0 Å². The van der Waals surface area contributed by atoms with Crippen molar-refractivity contribution in [3.63, 3.8) is 0 Å². The van der Waals surface area contributed by atoms with Crippen molar-refractivity contribution in [1.29, 1.82) is 0 Å². The Hall–Kier alpha value is -2.00. The number of nitrogens with two attached hydrogens (primary N) is 1. The molecule has 1 aromatic rings. The summed E-state index contributed by atoms with van der Waals surface area (Å²) >= 11 is 0. The standard InChI is InChI=1S/C31H52N2O6/c1-20(2)24(15-23-10-11-26(22(5)34)30(16-23)39-14-8-12-37-6)17-28(32)29(35)18-27(21(3)4)31(36)33-19-25-9-7-13-38-25/h10-11,16,20-21,24-25,27-29,35H,7-9,12-15,17-19,32H2,1-6H3,(H,33,36)/t24-,25-,27-,28-,29-/m0/s1. The molecule has 0 radical (unpaired) electrons. The number of aliphatic hydroxyl groups is 1. The molecule has 4 N–H and O–H groups in total. The Morgan fingerprint density at radius 2 is 1.90 bits per heavy atom. The summed E-state index contributed by atoms with van der Waals surface area (Å²) in [5.41, 5.74) is 8.17. The molecule has 1 saturated heterocycles. The molecule has 8 nitrogen and oxygen atoms in total. The Kier molecular flexibility index (Phi) is 14.4. The van der Waals surface area contributed by atoms with E-state index < -0.39 is 12.1 Å². The van der Waals surface area contributed by atoms with Crippen LogP contribution < -0.4 is 15.8 Å². The van der Waals surface area contributed by atoms with E-state index in [1.807, 2.05) is 32.0 Å². The number of Topliss-reactive ketones (excluding diaryl/α,β-unsaturated/α-hetero) is 1. The minimum atomic E-state index is -0.785. The van der Waals surface area contributed by atoms with Gasteiger partial charge < -0.3 is 30.4 Å². The van der Waals surface area contributed by atoms with Crippen LogP contribution >= 0.6 is 0 Å². The maximum absolute atomic E-state index is 12.9. The number of methoxy groups -OCH3 is 1. The van der Waals surface area contributed by atoms with Crippen molar-refractivity contribution in [2.75, 3.05) is 33.5 Å². The van der Waals surface area contributed by atoms with Crippen LogP contribution in [0, 0.1) is 23.7 Å². The smallest absolute Gasteiger partial charge is 0.223 e. The van der Waals surface area contributed by atoms with Gasteiger partial charge in [0.2, 0.25) is 5.91 Å². The van der Waals surface area contributed by atoms with Gasteiger partial charge >= 0.3 is 0 Å². The van der Waals surface area contributed by atoms with Crippen molar-refractivity contribution in [2.45, 2.75) is 91.4 Å². The number of ketones is 1. The average molecular weight is 549 g/mol. The van der Waals surface area contributed by atoms with Crippen LogP contribution in [0.1, 0.15) is 82.6 Å². The van der Waals surface area contributed by atoms with Crippen LogP contribution in [0.5, 0.6) is 5.75 Å². The molecule has 0 bridgehead atoms. The van der Waals surface area contributed by atoms with E-state index in [4.69, 9.17) is 19.9 Å². The lowest BCUT2D eigenvalue weighted by Gasteiger charge is -2.30. The highest BCUT2D eigenvalue weighted by molar-refractivity contribution is 5.96. The van der Waals surface area contributed by atoms with Gasteiger partial charge in [0.05, 0.1) is 24.4 Å². The number of ether oxygens (including phenoxy) is 3. The van der Waals surface area contributed by atoms with Crippen LogP contribution in [0.25, 0.3) is 0 Å². The van der Waals surface area contributed by atoms with E-state index in [2.05, 4.69) is 19.2 Å². The summed E-state index contributed by atoms with van der Waals surface area (Å²) < 4.78 is 16.6. The summed E-state index contributed by atoms with van der Waals surface area (Å²) in [5, 5.41) is 14.1. The molecular weight excluding hydrogens is 496 g/mol. The predicted molar refractivity (Wildman–Crippen MR) is 154 cm³/mol.